The number of nitrogens with zero attached hydrogens (tertiary/aromatic N) is 2. The zero-order valence-electron chi connectivity index (χ0n) is 13.9. The average Bonchev–Trinajstić information content (AvgIpc) is 2.54. The predicted molar refractivity (Wildman–Crippen MR) is 88.9 cm³/mol. The highest BCUT2D eigenvalue weighted by Gasteiger charge is 2.52. The minimum Gasteiger partial charge on any atom is -0.260 e. The summed E-state index contributed by atoms with van der Waals surface area (Å²) in [5.74, 6) is 1.52. The lowest BCUT2D eigenvalue weighted by molar-refractivity contribution is 0.0168. The molecular formula is C20H24N2. The van der Waals surface area contributed by atoms with Gasteiger partial charge in [0.1, 0.15) is 0 Å². The maximum absolute atomic E-state index is 5.07. The third-order valence-electron chi connectivity index (χ3n) is 6.24. The third-order valence-corrected chi connectivity index (χ3v) is 6.24. The van der Waals surface area contributed by atoms with E-state index in [1.54, 1.807) is 0 Å². The molecule has 2 aromatic rings. The predicted octanol–water partition coefficient (Wildman–Crippen LogP) is 4.49. The summed E-state index contributed by atoms with van der Waals surface area (Å²) in [7, 11) is 0. The van der Waals surface area contributed by atoms with Gasteiger partial charge in [-0.25, -0.2) is 0 Å². The van der Waals surface area contributed by atoms with Crippen molar-refractivity contribution in [3.63, 3.8) is 0 Å². The molecule has 1 saturated carbocycles. The van der Waals surface area contributed by atoms with Crippen LogP contribution in [0.15, 0.2) is 36.5 Å². The van der Waals surface area contributed by atoms with Crippen molar-refractivity contribution in [3.8, 4) is 0 Å². The number of pyridine rings is 2. The third kappa shape index (κ3) is 1.79. The van der Waals surface area contributed by atoms with E-state index in [0.717, 1.165) is 23.7 Å². The van der Waals surface area contributed by atoms with Crippen LogP contribution < -0.4 is 0 Å². The standard InChI is InChI=1S/C20H24N2/c1-19(2)13-11-15(19)14-8-9-18(22-16(14)12-13)20(3,4)17-7-5-6-10-21-17/h5-10,13,15H,11-12H2,1-4H3/t13-,15+/m0/s1. The SMILES string of the molecule is CC(C)(c1ccccn1)c1ccc2c(n1)C[C@@H]1C[C@H]2C1(C)C. The molecule has 0 spiro atoms. The molecule has 3 aliphatic carbocycles. The van der Waals surface area contributed by atoms with Gasteiger partial charge in [-0.15, -0.1) is 0 Å². The molecule has 2 heterocycles. The van der Waals surface area contributed by atoms with Crippen LogP contribution in [0.3, 0.4) is 0 Å². The van der Waals surface area contributed by atoms with Gasteiger partial charge in [0.05, 0.1) is 11.4 Å². The van der Waals surface area contributed by atoms with Crippen LogP contribution in [0.2, 0.25) is 0 Å². The van der Waals surface area contributed by atoms with E-state index >= 15 is 0 Å². The van der Waals surface area contributed by atoms with Crippen LogP contribution in [-0.2, 0) is 11.8 Å². The summed E-state index contributed by atoms with van der Waals surface area (Å²) >= 11 is 0. The molecule has 2 heteroatoms. The van der Waals surface area contributed by atoms with Gasteiger partial charge in [0, 0.05) is 17.3 Å². The second-order valence-electron chi connectivity index (χ2n) is 8.08. The summed E-state index contributed by atoms with van der Waals surface area (Å²) in [4.78, 5) is 9.61. The summed E-state index contributed by atoms with van der Waals surface area (Å²) in [6, 6.07) is 10.7. The van der Waals surface area contributed by atoms with Crippen LogP contribution in [0.4, 0.5) is 0 Å². The van der Waals surface area contributed by atoms with Gasteiger partial charge >= 0.3 is 0 Å². The van der Waals surface area contributed by atoms with Crippen molar-refractivity contribution >= 4 is 0 Å². The molecule has 0 unspecified atom stereocenters. The zero-order chi connectivity index (χ0) is 15.5. The van der Waals surface area contributed by atoms with Crippen LogP contribution >= 0.6 is 0 Å². The molecule has 22 heavy (non-hydrogen) atoms. The van der Waals surface area contributed by atoms with Gasteiger partial charge < -0.3 is 0 Å². The molecule has 0 amide bonds. The van der Waals surface area contributed by atoms with E-state index in [2.05, 4.69) is 56.9 Å². The summed E-state index contributed by atoms with van der Waals surface area (Å²) in [5, 5.41) is 0. The van der Waals surface area contributed by atoms with Gasteiger partial charge in [0.15, 0.2) is 0 Å². The highest BCUT2D eigenvalue weighted by Crippen LogP contribution is 2.61. The van der Waals surface area contributed by atoms with E-state index in [1.165, 1.54) is 17.7 Å². The molecule has 3 aliphatic rings. The Kier molecular flexibility index (Phi) is 2.79. The van der Waals surface area contributed by atoms with Crippen molar-refractivity contribution in [1.29, 1.82) is 0 Å². The van der Waals surface area contributed by atoms with Gasteiger partial charge in [-0.2, -0.15) is 0 Å². The largest absolute Gasteiger partial charge is 0.260 e. The van der Waals surface area contributed by atoms with Crippen molar-refractivity contribution < 1.29 is 0 Å². The number of hydrogen-bond donors (Lipinski definition) is 0. The fourth-order valence-corrected chi connectivity index (χ4v) is 4.33. The van der Waals surface area contributed by atoms with Gasteiger partial charge in [-0.3, -0.25) is 9.97 Å². The Morgan fingerprint density at radius 2 is 1.91 bits per heavy atom. The highest BCUT2D eigenvalue weighted by atomic mass is 14.8. The van der Waals surface area contributed by atoms with Gasteiger partial charge in [0.25, 0.3) is 0 Å². The van der Waals surface area contributed by atoms with E-state index in [4.69, 9.17) is 4.98 Å². The molecule has 0 N–H and O–H groups in total. The Bertz CT molecular complexity index is 716. The Morgan fingerprint density at radius 1 is 1.09 bits per heavy atom. The van der Waals surface area contributed by atoms with Crippen LogP contribution in [0, 0.1) is 11.3 Å². The van der Waals surface area contributed by atoms with Gasteiger partial charge in [-0.05, 0) is 67.7 Å². The summed E-state index contributed by atoms with van der Waals surface area (Å²) in [6.45, 7) is 9.27. The van der Waals surface area contributed by atoms with Crippen molar-refractivity contribution in [3.05, 3.63) is 59.2 Å². The van der Waals surface area contributed by atoms with Crippen LogP contribution in [0.1, 0.15) is 62.7 Å². The molecule has 0 saturated heterocycles. The highest BCUT2D eigenvalue weighted by molar-refractivity contribution is 5.39. The van der Waals surface area contributed by atoms with E-state index < -0.39 is 0 Å². The Morgan fingerprint density at radius 3 is 2.59 bits per heavy atom. The number of hydrogen-bond acceptors (Lipinski definition) is 2. The molecule has 0 aliphatic heterocycles. The second kappa shape index (κ2) is 4.41. The Balaban J connectivity index is 1.74. The maximum atomic E-state index is 5.07. The van der Waals surface area contributed by atoms with Gasteiger partial charge in [0.2, 0.25) is 0 Å². The topological polar surface area (TPSA) is 25.8 Å². The summed E-state index contributed by atoms with van der Waals surface area (Å²) in [5.41, 5.74) is 5.38. The van der Waals surface area contributed by atoms with Crippen LogP contribution in [0.25, 0.3) is 0 Å². The van der Waals surface area contributed by atoms with E-state index in [-0.39, 0.29) is 5.41 Å². The molecule has 2 atom stereocenters. The van der Waals surface area contributed by atoms with Crippen LogP contribution in [-0.4, -0.2) is 9.97 Å². The fraction of sp³-hybridized carbons (Fsp3) is 0.500. The fourth-order valence-electron chi connectivity index (χ4n) is 4.33. The smallest absolute Gasteiger partial charge is 0.0523 e. The van der Waals surface area contributed by atoms with Crippen molar-refractivity contribution in [2.75, 3.05) is 0 Å². The van der Waals surface area contributed by atoms with E-state index in [1.807, 2.05) is 12.3 Å². The maximum Gasteiger partial charge on any atom is 0.0523 e. The molecule has 2 nitrogen and oxygen atoms in total. The molecule has 5 rings (SSSR count). The quantitative estimate of drug-likeness (QED) is 0.815. The average molecular weight is 292 g/mol. The van der Waals surface area contributed by atoms with E-state index in [9.17, 15) is 0 Å². The molecular weight excluding hydrogens is 268 g/mol. The normalized spacial score (nSPS) is 25.3. The Hall–Kier alpha value is -1.70. The lowest BCUT2D eigenvalue weighted by Crippen LogP contribution is -2.48. The molecule has 114 valence electrons. The first kappa shape index (κ1) is 13.9. The van der Waals surface area contributed by atoms with Crippen molar-refractivity contribution in [1.82, 2.24) is 9.97 Å². The molecule has 1 fully saturated rings. The molecule has 0 radical (unpaired) electrons. The minimum absolute atomic E-state index is 0.145. The van der Waals surface area contributed by atoms with Crippen molar-refractivity contribution in [2.24, 2.45) is 11.3 Å². The second-order valence-corrected chi connectivity index (χ2v) is 8.08. The summed E-state index contributed by atoms with van der Waals surface area (Å²) in [6.07, 6.45) is 4.36. The first-order valence-corrected chi connectivity index (χ1v) is 8.32. The van der Waals surface area contributed by atoms with Gasteiger partial charge in [-0.1, -0.05) is 26.0 Å². The minimum atomic E-state index is -0.145. The zero-order valence-corrected chi connectivity index (χ0v) is 13.9. The lowest BCUT2D eigenvalue weighted by atomic mass is 9.48. The lowest BCUT2D eigenvalue weighted by Gasteiger charge is -2.56. The first-order chi connectivity index (χ1) is 10.4. The molecule has 2 bridgehead atoms. The monoisotopic (exact) mass is 292 g/mol. The molecule has 2 aromatic heterocycles. The van der Waals surface area contributed by atoms with E-state index in [0.29, 0.717) is 11.3 Å². The number of rotatable bonds is 2. The first-order valence-electron chi connectivity index (χ1n) is 8.32. The van der Waals surface area contributed by atoms with Crippen molar-refractivity contribution in [2.45, 2.75) is 51.9 Å². The number of aromatic nitrogens is 2. The molecule has 0 aromatic carbocycles. The Labute approximate surface area is 133 Å². The summed E-state index contributed by atoms with van der Waals surface area (Å²) < 4.78 is 0. The van der Waals surface area contributed by atoms with Crippen LogP contribution in [0.5, 0.6) is 0 Å².